The van der Waals surface area contributed by atoms with E-state index in [1.807, 2.05) is 18.2 Å². The monoisotopic (exact) mass is 298 g/mol. The van der Waals surface area contributed by atoms with Gasteiger partial charge in [0, 0.05) is 12.8 Å². The minimum Gasteiger partial charge on any atom is -0.380 e. The van der Waals surface area contributed by atoms with Gasteiger partial charge in [0.05, 0.1) is 24.1 Å². The number of rotatable bonds is 5. The summed E-state index contributed by atoms with van der Waals surface area (Å²) in [5, 5.41) is 3.45. The molecular weight excluding hydrogens is 276 g/mol. The molecule has 2 rings (SSSR count). The molecule has 2 N–H and O–H groups in total. The summed E-state index contributed by atoms with van der Waals surface area (Å²) in [5.74, 6) is 0. The fourth-order valence-corrected chi connectivity index (χ4v) is 3.20. The SMILES string of the molecule is COC1CCCCC1Nc1cccc(NS(C)(=O)=O)c1. The standard InChI is InChI=1S/C14H22N2O3S/c1-19-14-9-4-3-8-13(14)15-11-6-5-7-12(10-11)16-20(2,17)18/h5-7,10,13-16H,3-4,8-9H2,1-2H3. The topological polar surface area (TPSA) is 67.4 Å². The summed E-state index contributed by atoms with van der Waals surface area (Å²) in [6, 6.07) is 7.60. The van der Waals surface area contributed by atoms with Crippen LogP contribution in [0.2, 0.25) is 0 Å². The molecule has 2 unspecified atom stereocenters. The first-order valence-corrected chi connectivity index (χ1v) is 8.74. The smallest absolute Gasteiger partial charge is 0.229 e. The lowest BCUT2D eigenvalue weighted by atomic mass is 9.92. The Morgan fingerprint density at radius 3 is 2.60 bits per heavy atom. The van der Waals surface area contributed by atoms with Crippen molar-refractivity contribution in [2.45, 2.75) is 37.8 Å². The van der Waals surface area contributed by atoms with E-state index in [1.54, 1.807) is 13.2 Å². The Kier molecular flexibility index (Phi) is 4.88. The van der Waals surface area contributed by atoms with Gasteiger partial charge in [-0.25, -0.2) is 8.42 Å². The highest BCUT2D eigenvalue weighted by molar-refractivity contribution is 7.92. The highest BCUT2D eigenvalue weighted by atomic mass is 32.2. The summed E-state index contributed by atoms with van der Waals surface area (Å²) in [7, 11) is -1.50. The van der Waals surface area contributed by atoms with E-state index in [-0.39, 0.29) is 12.1 Å². The molecule has 112 valence electrons. The number of nitrogens with one attached hydrogen (secondary N) is 2. The van der Waals surface area contributed by atoms with Crippen molar-refractivity contribution in [1.29, 1.82) is 0 Å². The molecule has 0 aromatic heterocycles. The molecule has 1 aliphatic carbocycles. The molecule has 1 fully saturated rings. The lowest BCUT2D eigenvalue weighted by Crippen LogP contribution is -2.37. The number of anilines is 2. The van der Waals surface area contributed by atoms with E-state index in [2.05, 4.69) is 10.0 Å². The molecule has 0 radical (unpaired) electrons. The molecular formula is C14H22N2O3S. The second kappa shape index (κ2) is 6.45. The minimum atomic E-state index is -3.24. The molecule has 2 atom stereocenters. The predicted molar refractivity (Wildman–Crippen MR) is 81.6 cm³/mol. The van der Waals surface area contributed by atoms with E-state index < -0.39 is 10.0 Å². The van der Waals surface area contributed by atoms with Crippen molar-refractivity contribution in [3.8, 4) is 0 Å². The van der Waals surface area contributed by atoms with Crippen molar-refractivity contribution in [2.75, 3.05) is 23.4 Å². The van der Waals surface area contributed by atoms with Crippen LogP contribution in [0.15, 0.2) is 24.3 Å². The number of benzene rings is 1. The van der Waals surface area contributed by atoms with E-state index in [4.69, 9.17) is 4.74 Å². The summed E-state index contributed by atoms with van der Waals surface area (Å²) in [4.78, 5) is 0. The number of hydrogen-bond acceptors (Lipinski definition) is 4. The van der Waals surface area contributed by atoms with Crippen molar-refractivity contribution in [3.05, 3.63) is 24.3 Å². The number of sulfonamides is 1. The molecule has 5 nitrogen and oxygen atoms in total. The lowest BCUT2D eigenvalue weighted by Gasteiger charge is -2.31. The van der Waals surface area contributed by atoms with Crippen molar-refractivity contribution in [1.82, 2.24) is 0 Å². The lowest BCUT2D eigenvalue weighted by molar-refractivity contribution is 0.0606. The van der Waals surface area contributed by atoms with Crippen LogP contribution >= 0.6 is 0 Å². The second-order valence-electron chi connectivity index (χ2n) is 5.26. The van der Waals surface area contributed by atoms with Crippen LogP contribution in [0.25, 0.3) is 0 Å². The summed E-state index contributed by atoms with van der Waals surface area (Å²) >= 11 is 0. The van der Waals surface area contributed by atoms with Crippen LogP contribution in [0, 0.1) is 0 Å². The molecule has 1 saturated carbocycles. The average molecular weight is 298 g/mol. The Bertz CT molecular complexity index is 545. The average Bonchev–Trinajstić information content (AvgIpc) is 2.38. The van der Waals surface area contributed by atoms with Gasteiger partial charge in [-0.1, -0.05) is 18.9 Å². The van der Waals surface area contributed by atoms with Gasteiger partial charge >= 0.3 is 0 Å². The first kappa shape index (κ1) is 15.1. The van der Waals surface area contributed by atoms with Gasteiger partial charge in [0.25, 0.3) is 0 Å². The largest absolute Gasteiger partial charge is 0.380 e. The normalized spacial score (nSPS) is 23.3. The van der Waals surface area contributed by atoms with Crippen LogP contribution in [0.5, 0.6) is 0 Å². The van der Waals surface area contributed by atoms with Crippen molar-refractivity contribution in [3.63, 3.8) is 0 Å². The molecule has 0 amide bonds. The molecule has 1 aliphatic rings. The van der Waals surface area contributed by atoms with E-state index in [0.717, 1.165) is 24.8 Å². The number of ether oxygens (including phenoxy) is 1. The molecule has 0 saturated heterocycles. The Morgan fingerprint density at radius 1 is 1.20 bits per heavy atom. The van der Waals surface area contributed by atoms with Crippen molar-refractivity contribution < 1.29 is 13.2 Å². The zero-order valence-corrected chi connectivity index (χ0v) is 12.7. The first-order chi connectivity index (χ1) is 9.48. The summed E-state index contributed by atoms with van der Waals surface area (Å²) < 4.78 is 30.5. The van der Waals surface area contributed by atoms with Gasteiger partial charge in [-0.05, 0) is 31.0 Å². The second-order valence-corrected chi connectivity index (χ2v) is 7.01. The Hall–Kier alpha value is -1.27. The van der Waals surface area contributed by atoms with Gasteiger partial charge in [-0.15, -0.1) is 0 Å². The molecule has 20 heavy (non-hydrogen) atoms. The molecule has 0 aliphatic heterocycles. The minimum absolute atomic E-state index is 0.218. The van der Waals surface area contributed by atoms with Gasteiger partial charge in [-0.2, -0.15) is 0 Å². The zero-order chi connectivity index (χ0) is 14.6. The summed E-state index contributed by atoms with van der Waals surface area (Å²) in [6.07, 6.45) is 5.90. The van der Waals surface area contributed by atoms with E-state index in [0.29, 0.717) is 5.69 Å². The van der Waals surface area contributed by atoms with Gasteiger partial charge in [0.15, 0.2) is 0 Å². The highest BCUT2D eigenvalue weighted by Gasteiger charge is 2.24. The first-order valence-electron chi connectivity index (χ1n) is 6.85. The van der Waals surface area contributed by atoms with E-state index >= 15 is 0 Å². The van der Waals surface area contributed by atoms with Crippen molar-refractivity contribution in [2.24, 2.45) is 0 Å². The fourth-order valence-electron chi connectivity index (χ4n) is 2.64. The van der Waals surface area contributed by atoms with Gasteiger partial charge in [-0.3, -0.25) is 4.72 Å². The number of methoxy groups -OCH3 is 1. The molecule has 0 heterocycles. The Balaban J connectivity index is 2.07. The molecule has 1 aromatic carbocycles. The Morgan fingerprint density at radius 2 is 1.90 bits per heavy atom. The van der Waals surface area contributed by atoms with Gasteiger partial charge in [0.2, 0.25) is 10.0 Å². The van der Waals surface area contributed by atoms with Crippen LogP contribution < -0.4 is 10.0 Å². The zero-order valence-electron chi connectivity index (χ0n) is 11.9. The highest BCUT2D eigenvalue weighted by Crippen LogP contribution is 2.25. The van der Waals surface area contributed by atoms with Crippen LogP contribution in [0.4, 0.5) is 11.4 Å². The summed E-state index contributed by atoms with van der Waals surface area (Å²) in [6.45, 7) is 0. The van der Waals surface area contributed by atoms with Crippen LogP contribution in [0.3, 0.4) is 0 Å². The van der Waals surface area contributed by atoms with E-state index in [9.17, 15) is 8.42 Å². The van der Waals surface area contributed by atoms with Gasteiger partial charge < -0.3 is 10.1 Å². The maximum Gasteiger partial charge on any atom is 0.229 e. The molecule has 0 spiro atoms. The third-order valence-corrected chi connectivity index (χ3v) is 4.13. The molecule has 6 heteroatoms. The third kappa shape index (κ3) is 4.38. The van der Waals surface area contributed by atoms with Crippen LogP contribution in [-0.4, -0.2) is 33.9 Å². The quantitative estimate of drug-likeness (QED) is 0.876. The maximum atomic E-state index is 11.2. The molecule has 1 aromatic rings. The number of hydrogen-bond donors (Lipinski definition) is 2. The maximum absolute atomic E-state index is 11.2. The van der Waals surface area contributed by atoms with E-state index in [1.165, 1.54) is 12.8 Å². The predicted octanol–water partition coefficient (Wildman–Crippen LogP) is 2.43. The van der Waals surface area contributed by atoms with Gasteiger partial charge in [0.1, 0.15) is 0 Å². The van der Waals surface area contributed by atoms with Crippen LogP contribution in [0.1, 0.15) is 25.7 Å². The fraction of sp³-hybridized carbons (Fsp3) is 0.571. The van der Waals surface area contributed by atoms with Crippen molar-refractivity contribution >= 4 is 21.4 Å². The Labute approximate surface area is 120 Å². The summed E-state index contributed by atoms with van der Waals surface area (Å²) in [5.41, 5.74) is 1.48. The van der Waals surface area contributed by atoms with Crippen LogP contribution in [-0.2, 0) is 14.8 Å². The third-order valence-electron chi connectivity index (χ3n) is 3.52. The molecule has 0 bridgehead atoms.